The maximum absolute atomic E-state index is 13.0. The van der Waals surface area contributed by atoms with Crippen LogP contribution in [0.4, 0.5) is 16.5 Å². The van der Waals surface area contributed by atoms with Gasteiger partial charge in [0.2, 0.25) is 11.0 Å². The van der Waals surface area contributed by atoms with Crippen molar-refractivity contribution in [1.29, 1.82) is 5.26 Å². The van der Waals surface area contributed by atoms with Gasteiger partial charge >= 0.3 is 0 Å². The molecule has 0 radical (unpaired) electrons. The molecule has 0 aliphatic rings. The largest absolute Gasteiger partial charge is 0.497 e. The summed E-state index contributed by atoms with van der Waals surface area (Å²) in [6.07, 6.45) is 0.271. The molecule has 0 fully saturated rings. The lowest BCUT2D eigenvalue weighted by Gasteiger charge is -2.24. The third kappa shape index (κ3) is 5.72. The molecule has 0 bridgehead atoms. The van der Waals surface area contributed by atoms with E-state index in [2.05, 4.69) is 21.6 Å². The topological polar surface area (TPSA) is 91.1 Å². The lowest BCUT2D eigenvalue weighted by atomic mass is 10.2. The Labute approximate surface area is 183 Å². The van der Waals surface area contributed by atoms with Gasteiger partial charge < -0.3 is 15.0 Å². The molecule has 1 amide bonds. The highest BCUT2D eigenvalue weighted by molar-refractivity contribution is 8.02. The molecule has 1 N–H and O–H groups in total. The molecule has 9 heteroatoms. The normalized spacial score (nSPS) is 11.4. The number of carbonyl (C=O) groups excluding carboxylic acids is 1. The van der Waals surface area contributed by atoms with E-state index in [9.17, 15) is 4.79 Å². The molecular weight excluding hydrogens is 418 g/mol. The van der Waals surface area contributed by atoms with Crippen LogP contribution < -0.4 is 15.0 Å². The summed E-state index contributed by atoms with van der Waals surface area (Å²) < 4.78 is 5.85. The number of rotatable bonds is 9. The Morgan fingerprint density at radius 3 is 2.63 bits per heavy atom. The zero-order valence-corrected chi connectivity index (χ0v) is 18.2. The van der Waals surface area contributed by atoms with Crippen LogP contribution in [0.5, 0.6) is 5.75 Å². The number of hydrogen-bond acceptors (Lipinski definition) is 8. The number of anilines is 3. The van der Waals surface area contributed by atoms with Gasteiger partial charge in [0.05, 0.1) is 24.8 Å². The van der Waals surface area contributed by atoms with Crippen LogP contribution in [0.1, 0.15) is 13.3 Å². The molecule has 3 aromatic rings. The quantitative estimate of drug-likeness (QED) is 0.482. The lowest BCUT2D eigenvalue weighted by Crippen LogP contribution is -2.37. The first kappa shape index (κ1) is 21.6. The van der Waals surface area contributed by atoms with Crippen LogP contribution >= 0.6 is 23.1 Å². The summed E-state index contributed by atoms with van der Waals surface area (Å²) in [5.74, 6) is 0.710. The van der Waals surface area contributed by atoms with E-state index in [0.29, 0.717) is 16.0 Å². The summed E-state index contributed by atoms with van der Waals surface area (Å²) in [7, 11) is 1.62. The fraction of sp³-hybridized carbons (Fsp3) is 0.238. The molecule has 1 heterocycles. The third-order valence-electron chi connectivity index (χ3n) is 4.15. The zero-order chi connectivity index (χ0) is 21.3. The summed E-state index contributed by atoms with van der Waals surface area (Å²) in [6, 6.07) is 19.0. The number of aromatic nitrogens is 2. The van der Waals surface area contributed by atoms with Gasteiger partial charge in [-0.05, 0) is 43.3 Å². The van der Waals surface area contributed by atoms with Crippen LogP contribution in [-0.4, -0.2) is 35.0 Å². The van der Waals surface area contributed by atoms with Crippen LogP contribution in [0, 0.1) is 11.3 Å². The Morgan fingerprint density at radius 1 is 1.23 bits per heavy atom. The Kier molecular flexibility index (Phi) is 7.65. The first-order chi connectivity index (χ1) is 14.6. The Bertz CT molecular complexity index is 1000. The first-order valence-corrected chi connectivity index (χ1v) is 10.9. The maximum Gasteiger partial charge on any atom is 0.240 e. The first-order valence-electron chi connectivity index (χ1n) is 9.25. The van der Waals surface area contributed by atoms with Gasteiger partial charge in [-0.2, -0.15) is 5.26 Å². The minimum atomic E-state index is -0.370. The number of nitrogens with zero attached hydrogens (tertiary/aromatic N) is 4. The summed E-state index contributed by atoms with van der Waals surface area (Å²) in [5, 5.41) is 20.8. The molecule has 0 spiro atoms. The Hall–Kier alpha value is -3.09. The predicted octanol–water partition coefficient (Wildman–Crippen LogP) is 4.72. The molecule has 0 aliphatic heterocycles. The van der Waals surface area contributed by atoms with Gasteiger partial charge in [0.1, 0.15) is 5.75 Å². The number of nitriles is 1. The molecule has 30 heavy (non-hydrogen) atoms. The van der Waals surface area contributed by atoms with E-state index < -0.39 is 0 Å². The van der Waals surface area contributed by atoms with Gasteiger partial charge in [-0.1, -0.05) is 41.3 Å². The van der Waals surface area contributed by atoms with Crippen molar-refractivity contribution >= 4 is 45.5 Å². The minimum Gasteiger partial charge on any atom is -0.497 e. The highest BCUT2D eigenvalue weighted by Gasteiger charge is 2.24. The molecule has 0 saturated heterocycles. The molecule has 0 saturated carbocycles. The van der Waals surface area contributed by atoms with Crippen LogP contribution in [0.3, 0.4) is 0 Å². The second-order valence-electron chi connectivity index (χ2n) is 6.22. The summed E-state index contributed by atoms with van der Waals surface area (Å²) in [6.45, 7) is 2.19. The summed E-state index contributed by atoms with van der Waals surface area (Å²) in [4.78, 5) is 14.7. The minimum absolute atomic E-state index is 0.0682. The average Bonchev–Trinajstić information content (AvgIpc) is 3.21. The van der Waals surface area contributed by atoms with E-state index in [1.807, 2.05) is 61.5 Å². The molecule has 1 aromatic heterocycles. The van der Waals surface area contributed by atoms with Crippen molar-refractivity contribution in [1.82, 2.24) is 10.2 Å². The number of thioether (sulfide) groups is 1. The van der Waals surface area contributed by atoms with Crippen LogP contribution in [0.15, 0.2) is 58.9 Å². The standard InChI is InChI=1S/C21H21N5O2S2/c1-15(19(27)26(14-6-13-22)17-7-4-3-5-8-17)29-21-25-24-20(30-21)23-16-9-11-18(28-2)12-10-16/h3-5,7-12,15H,6,14H2,1-2H3,(H,23,24). The SMILES string of the molecule is COc1ccc(Nc2nnc(SC(C)C(=O)N(CCC#N)c3ccccc3)s2)cc1. The molecule has 0 aliphatic carbocycles. The molecule has 2 aromatic carbocycles. The second kappa shape index (κ2) is 10.6. The van der Waals surface area contributed by atoms with Gasteiger partial charge in [0.15, 0.2) is 4.34 Å². The average molecular weight is 440 g/mol. The van der Waals surface area contributed by atoms with Crippen molar-refractivity contribution < 1.29 is 9.53 Å². The van der Waals surface area contributed by atoms with E-state index in [1.54, 1.807) is 12.0 Å². The summed E-state index contributed by atoms with van der Waals surface area (Å²) in [5.41, 5.74) is 1.66. The van der Waals surface area contributed by atoms with Gasteiger partial charge in [-0.25, -0.2) is 0 Å². The number of ether oxygens (including phenoxy) is 1. The molecule has 1 unspecified atom stereocenters. The monoisotopic (exact) mass is 439 g/mol. The van der Waals surface area contributed by atoms with E-state index >= 15 is 0 Å². The fourth-order valence-electron chi connectivity index (χ4n) is 2.66. The highest BCUT2D eigenvalue weighted by Crippen LogP contribution is 2.32. The number of benzene rings is 2. The fourth-order valence-corrected chi connectivity index (χ4v) is 4.64. The van der Waals surface area contributed by atoms with E-state index in [4.69, 9.17) is 10.00 Å². The van der Waals surface area contributed by atoms with Crippen LogP contribution in [0.2, 0.25) is 0 Å². The van der Waals surface area contributed by atoms with Crippen molar-refractivity contribution in [2.75, 3.05) is 23.9 Å². The third-order valence-corrected chi connectivity index (χ3v) is 6.16. The smallest absolute Gasteiger partial charge is 0.240 e. The Balaban J connectivity index is 1.64. The van der Waals surface area contributed by atoms with E-state index in [-0.39, 0.29) is 17.6 Å². The lowest BCUT2D eigenvalue weighted by molar-refractivity contribution is -0.117. The van der Waals surface area contributed by atoms with Crippen molar-refractivity contribution in [2.24, 2.45) is 0 Å². The molecule has 1 atom stereocenters. The second-order valence-corrected chi connectivity index (χ2v) is 8.79. The predicted molar refractivity (Wildman–Crippen MR) is 121 cm³/mol. The number of methoxy groups -OCH3 is 1. The summed E-state index contributed by atoms with van der Waals surface area (Å²) >= 11 is 2.74. The number of amides is 1. The highest BCUT2D eigenvalue weighted by atomic mass is 32.2. The van der Waals surface area contributed by atoms with Crippen LogP contribution in [-0.2, 0) is 4.79 Å². The van der Waals surface area contributed by atoms with Crippen LogP contribution in [0.25, 0.3) is 0 Å². The number of carbonyl (C=O) groups is 1. The van der Waals surface area contributed by atoms with Crippen molar-refractivity contribution in [3.05, 3.63) is 54.6 Å². The van der Waals surface area contributed by atoms with Crippen molar-refractivity contribution in [2.45, 2.75) is 22.9 Å². The maximum atomic E-state index is 13.0. The Morgan fingerprint density at radius 2 is 1.97 bits per heavy atom. The number of hydrogen-bond donors (Lipinski definition) is 1. The van der Waals surface area contributed by atoms with Gasteiger partial charge in [0, 0.05) is 17.9 Å². The van der Waals surface area contributed by atoms with Gasteiger partial charge in [-0.15, -0.1) is 10.2 Å². The number of para-hydroxylation sites is 1. The van der Waals surface area contributed by atoms with Crippen molar-refractivity contribution in [3.8, 4) is 11.8 Å². The van der Waals surface area contributed by atoms with Crippen molar-refractivity contribution in [3.63, 3.8) is 0 Å². The van der Waals surface area contributed by atoms with E-state index in [1.165, 1.54) is 23.1 Å². The molecular formula is C21H21N5O2S2. The number of nitrogens with one attached hydrogen (secondary N) is 1. The zero-order valence-electron chi connectivity index (χ0n) is 16.6. The van der Waals surface area contributed by atoms with Gasteiger partial charge in [0.25, 0.3) is 0 Å². The van der Waals surface area contributed by atoms with E-state index in [0.717, 1.165) is 17.1 Å². The molecule has 7 nitrogen and oxygen atoms in total. The molecule has 3 rings (SSSR count). The van der Waals surface area contributed by atoms with Gasteiger partial charge in [-0.3, -0.25) is 4.79 Å². The molecule has 154 valence electrons.